The van der Waals surface area contributed by atoms with Crippen molar-refractivity contribution in [1.29, 1.82) is 0 Å². The zero-order valence-corrected chi connectivity index (χ0v) is 12.6. The third kappa shape index (κ3) is 3.23. The molecule has 19 heavy (non-hydrogen) atoms. The molecule has 0 saturated carbocycles. The Morgan fingerprint density at radius 2 is 2.00 bits per heavy atom. The summed E-state index contributed by atoms with van der Waals surface area (Å²) in [6.45, 7) is 9.04. The number of anilines is 2. The summed E-state index contributed by atoms with van der Waals surface area (Å²) in [7, 11) is 0. The predicted octanol–water partition coefficient (Wildman–Crippen LogP) is 3.76. The Kier molecular flexibility index (Phi) is 4.37. The fourth-order valence-corrected chi connectivity index (χ4v) is 2.66. The molecular weight excluding hydrogens is 256 g/mol. The lowest BCUT2D eigenvalue weighted by atomic mass is 10.2. The molecule has 0 radical (unpaired) electrons. The quantitative estimate of drug-likeness (QED) is 0.873. The Hall–Kier alpha value is -1.62. The minimum Gasteiger partial charge on any atom is -0.370 e. The van der Waals surface area contributed by atoms with E-state index in [1.54, 1.807) is 11.3 Å². The van der Waals surface area contributed by atoms with E-state index in [1.165, 1.54) is 4.88 Å². The lowest BCUT2D eigenvalue weighted by Gasteiger charge is -2.17. The van der Waals surface area contributed by atoms with Crippen molar-refractivity contribution in [3.05, 3.63) is 33.8 Å². The van der Waals surface area contributed by atoms with Crippen LogP contribution in [0.25, 0.3) is 0 Å². The average Bonchev–Trinajstić information content (AvgIpc) is 2.89. The lowest BCUT2D eigenvalue weighted by Crippen LogP contribution is -2.12. The van der Waals surface area contributed by atoms with Gasteiger partial charge < -0.3 is 10.6 Å². The summed E-state index contributed by atoms with van der Waals surface area (Å²) in [5, 5.41) is 8.84. The van der Waals surface area contributed by atoms with Crippen LogP contribution in [0.3, 0.4) is 0 Å². The van der Waals surface area contributed by atoms with Gasteiger partial charge in [0.25, 0.3) is 0 Å². The number of hydrogen-bond donors (Lipinski definition) is 2. The zero-order chi connectivity index (χ0) is 13.8. The molecule has 4 nitrogen and oxygen atoms in total. The van der Waals surface area contributed by atoms with E-state index >= 15 is 0 Å². The van der Waals surface area contributed by atoms with Crippen LogP contribution in [0.5, 0.6) is 0 Å². The molecule has 0 aliphatic heterocycles. The minimum atomic E-state index is 0.252. The van der Waals surface area contributed by atoms with Gasteiger partial charge in [-0.05, 0) is 39.1 Å². The maximum atomic E-state index is 4.51. The van der Waals surface area contributed by atoms with Crippen molar-refractivity contribution in [3.8, 4) is 0 Å². The molecule has 0 fully saturated rings. The highest BCUT2D eigenvalue weighted by molar-refractivity contribution is 7.10. The number of thiophene rings is 1. The Bertz CT molecular complexity index is 537. The largest absolute Gasteiger partial charge is 0.370 e. The topological polar surface area (TPSA) is 49.8 Å². The molecule has 1 atom stereocenters. The van der Waals surface area contributed by atoms with Gasteiger partial charge in [-0.2, -0.15) is 0 Å². The SMILES string of the molecule is CCNc1nc(C)nc(NC(C)c2cccs2)c1C. The predicted molar refractivity (Wildman–Crippen MR) is 82.0 cm³/mol. The van der Waals surface area contributed by atoms with E-state index in [2.05, 4.69) is 52.0 Å². The summed E-state index contributed by atoms with van der Waals surface area (Å²) in [4.78, 5) is 10.2. The van der Waals surface area contributed by atoms with Crippen molar-refractivity contribution in [2.45, 2.75) is 33.7 Å². The van der Waals surface area contributed by atoms with Crippen LogP contribution in [0.1, 0.15) is 36.2 Å². The van der Waals surface area contributed by atoms with Crippen LogP contribution in [-0.4, -0.2) is 16.5 Å². The summed E-state index contributed by atoms with van der Waals surface area (Å²) in [6, 6.07) is 4.46. The standard InChI is InChI=1S/C14H20N4S/c1-5-15-13-9(2)14(18-11(4)17-13)16-10(3)12-7-6-8-19-12/h6-8,10H,5H2,1-4H3,(H2,15,16,17,18). The van der Waals surface area contributed by atoms with Gasteiger partial charge in [-0.1, -0.05) is 6.07 Å². The molecule has 2 aromatic heterocycles. The molecule has 0 aliphatic carbocycles. The minimum absolute atomic E-state index is 0.252. The summed E-state index contributed by atoms with van der Waals surface area (Å²) in [5.74, 6) is 2.60. The fourth-order valence-electron chi connectivity index (χ4n) is 1.92. The van der Waals surface area contributed by atoms with E-state index in [-0.39, 0.29) is 6.04 Å². The Morgan fingerprint density at radius 3 is 2.63 bits per heavy atom. The van der Waals surface area contributed by atoms with Crippen LogP contribution in [0.15, 0.2) is 17.5 Å². The second-order valence-electron chi connectivity index (χ2n) is 4.50. The van der Waals surface area contributed by atoms with Crippen molar-refractivity contribution >= 4 is 23.0 Å². The van der Waals surface area contributed by atoms with Crippen LogP contribution in [0, 0.1) is 13.8 Å². The highest BCUT2D eigenvalue weighted by Crippen LogP contribution is 2.26. The van der Waals surface area contributed by atoms with Crippen LogP contribution >= 0.6 is 11.3 Å². The molecule has 0 saturated heterocycles. The number of nitrogens with zero attached hydrogens (tertiary/aromatic N) is 2. The first-order chi connectivity index (χ1) is 9.11. The molecule has 0 bridgehead atoms. The van der Waals surface area contributed by atoms with E-state index in [9.17, 15) is 0 Å². The van der Waals surface area contributed by atoms with E-state index in [0.29, 0.717) is 0 Å². The molecule has 0 spiro atoms. The van der Waals surface area contributed by atoms with Gasteiger partial charge in [0.15, 0.2) is 0 Å². The first-order valence-corrected chi connectivity index (χ1v) is 7.38. The van der Waals surface area contributed by atoms with E-state index in [0.717, 1.165) is 29.6 Å². The third-order valence-electron chi connectivity index (χ3n) is 2.93. The highest BCUT2D eigenvalue weighted by Gasteiger charge is 2.12. The Morgan fingerprint density at radius 1 is 1.26 bits per heavy atom. The first kappa shape index (κ1) is 13.8. The number of nitrogens with one attached hydrogen (secondary N) is 2. The second-order valence-corrected chi connectivity index (χ2v) is 5.48. The maximum absolute atomic E-state index is 4.51. The Balaban J connectivity index is 2.24. The molecule has 5 heteroatoms. The second kappa shape index (κ2) is 6.02. The van der Waals surface area contributed by atoms with Crippen LogP contribution in [-0.2, 0) is 0 Å². The van der Waals surface area contributed by atoms with E-state index < -0.39 is 0 Å². The van der Waals surface area contributed by atoms with Gasteiger partial charge in [-0.15, -0.1) is 11.3 Å². The summed E-state index contributed by atoms with van der Waals surface area (Å²) in [6.07, 6.45) is 0. The first-order valence-electron chi connectivity index (χ1n) is 6.50. The number of aromatic nitrogens is 2. The smallest absolute Gasteiger partial charge is 0.135 e. The van der Waals surface area contributed by atoms with Gasteiger partial charge in [-0.3, -0.25) is 0 Å². The van der Waals surface area contributed by atoms with Gasteiger partial charge >= 0.3 is 0 Å². The fraction of sp³-hybridized carbons (Fsp3) is 0.429. The normalized spacial score (nSPS) is 12.2. The summed E-state index contributed by atoms with van der Waals surface area (Å²) >= 11 is 1.75. The maximum Gasteiger partial charge on any atom is 0.135 e. The lowest BCUT2D eigenvalue weighted by molar-refractivity contribution is 0.881. The van der Waals surface area contributed by atoms with Crippen LogP contribution in [0.4, 0.5) is 11.6 Å². The van der Waals surface area contributed by atoms with E-state index in [1.807, 2.05) is 13.8 Å². The zero-order valence-electron chi connectivity index (χ0n) is 11.8. The molecule has 2 aromatic rings. The van der Waals surface area contributed by atoms with E-state index in [4.69, 9.17) is 0 Å². The number of rotatable bonds is 5. The van der Waals surface area contributed by atoms with Gasteiger partial charge in [0.05, 0.1) is 6.04 Å². The third-order valence-corrected chi connectivity index (χ3v) is 3.98. The molecule has 2 rings (SSSR count). The molecule has 0 amide bonds. The molecule has 0 aromatic carbocycles. The summed E-state index contributed by atoms with van der Waals surface area (Å²) in [5.41, 5.74) is 1.07. The number of aryl methyl sites for hydroxylation is 1. The molecule has 1 unspecified atom stereocenters. The Labute approximate surface area is 118 Å². The van der Waals surface area contributed by atoms with Crippen LogP contribution < -0.4 is 10.6 Å². The van der Waals surface area contributed by atoms with Crippen molar-refractivity contribution < 1.29 is 0 Å². The molecule has 2 N–H and O–H groups in total. The molecular formula is C14H20N4S. The van der Waals surface area contributed by atoms with Gasteiger partial charge in [-0.25, -0.2) is 9.97 Å². The van der Waals surface area contributed by atoms with Crippen molar-refractivity contribution in [2.24, 2.45) is 0 Å². The van der Waals surface area contributed by atoms with Crippen LogP contribution in [0.2, 0.25) is 0 Å². The monoisotopic (exact) mass is 276 g/mol. The molecule has 2 heterocycles. The number of hydrogen-bond acceptors (Lipinski definition) is 5. The molecule has 0 aliphatic rings. The van der Waals surface area contributed by atoms with Crippen molar-refractivity contribution in [1.82, 2.24) is 9.97 Å². The van der Waals surface area contributed by atoms with Crippen molar-refractivity contribution in [3.63, 3.8) is 0 Å². The molecule has 102 valence electrons. The van der Waals surface area contributed by atoms with Gasteiger partial charge in [0.1, 0.15) is 17.5 Å². The highest BCUT2D eigenvalue weighted by atomic mass is 32.1. The van der Waals surface area contributed by atoms with Crippen molar-refractivity contribution in [2.75, 3.05) is 17.2 Å². The van der Waals surface area contributed by atoms with Gasteiger partial charge in [0.2, 0.25) is 0 Å². The summed E-state index contributed by atoms with van der Waals surface area (Å²) < 4.78 is 0. The van der Waals surface area contributed by atoms with Gasteiger partial charge in [0, 0.05) is 17.0 Å². The average molecular weight is 276 g/mol.